The number of nitrogens with one attached hydrogen (secondary N) is 1. The summed E-state index contributed by atoms with van der Waals surface area (Å²) in [5.41, 5.74) is 7.86. The molecule has 2 aromatic carbocycles. The summed E-state index contributed by atoms with van der Waals surface area (Å²) >= 11 is 0. The van der Waals surface area contributed by atoms with Gasteiger partial charge in [-0.2, -0.15) is 24.1 Å². The van der Waals surface area contributed by atoms with Crippen molar-refractivity contribution >= 4 is 6.03 Å². The summed E-state index contributed by atoms with van der Waals surface area (Å²) in [5.74, 6) is 0.912. The molecule has 6 heteroatoms. The molecule has 0 aliphatic carbocycles. The van der Waals surface area contributed by atoms with Gasteiger partial charge in [-0.3, -0.25) is 5.21 Å². The molecule has 2 amide bonds. The maximum absolute atomic E-state index is 9.23. The summed E-state index contributed by atoms with van der Waals surface area (Å²) < 4.78 is 5.68. The molecule has 112 valence electrons. The first-order valence-corrected chi connectivity index (χ1v) is 6.41. The third-order valence-corrected chi connectivity index (χ3v) is 2.57. The minimum atomic E-state index is -0.940. The molecule has 0 aromatic heterocycles. The maximum atomic E-state index is 9.23. The van der Waals surface area contributed by atoms with Crippen LogP contribution in [0.25, 0.3) is 0 Å². The molecule has 5 nitrogen and oxygen atoms in total. The van der Waals surface area contributed by atoms with Gasteiger partial charge in [-0.25, -0.2) is 10.3 Å². The van der Waals surface area contributed by atoms with Crippen molar-refractivity contribution in [2.75, 3.05) is 0 Å². The van der Waals surface area contributed by atoms with Crippen LogP contribution in [-0.4, -0.2) is 11.2 Å². The molecule has 0 aliphatic heterocycles. The molecule has 2 rings (SSSR count). The second-order valence-corrected chi connectivity index (χ2v) is 4.11. The van der Waals surface area contributed by atoms with E-state index in [9.17, 15) is 4.79 Å². The molecule has 0 aliphatic rings. The van der Waals surface area contributed by atoms with Crippen molar-refractivity contribution in [2.45, 2.75) is 13.5 Å². The first-order valence-electron chi connectivity index (χ1n) is 6.41. The average Bonchev–Trinajstić information content (AvgIpc) is 2.55. The first kappa shape index (κ1) is 20.3. The van der Waals surface area contributed by atoms with Crippen molar-refractivity contribution in [1.82, 2.24) is 5.48 Å². The van der Waals surface area contributed by atoms with Gasteiger partial charge < -0.3 is 10.5 Å². The molecule has 0 atom stereocenters. The maximum Gasteiger partial charge on any atom is 1.00 e. The number of hydrogen-bond donors (Lipinski definition) is 3. The molecule has 0 heterocycles. The van der Waals surface area contributed by atoms with Crippen molar-refractivity contribution in [1.29, 1.82) is 0 Å². The Morgan fingerprint density at radius 1 is 1.18 bits per heavy atom. The van der Waals surface area contributed by atoms with Gasteiger partial charge >= 0.3 is 35.6 Å². The van der Waals surface area contributed by atoms with E-state index in [2.05, 4.69) is 36.4 Å². The van der Waals surface area contributed by atoms with Gasteiger partial charge in [-0.1, -0.05) is 49.4 Å². The molecule has 0 saturated carbocycles. The Morgan fingerprint density at radius 2 is 1.73 bits per heavy atom. The zero-order valence-electron chi connectivity index (χ0n) is 12.8. The molecule has 0 saturated heterocycles. The predicted molar refractivity (Wildman–Crippen MR) is 80.8 cm³/mol. The van der Waals surface area contributed by atoms with E-state index in [1.165, 1.54) is 16.6 Å². The van der Waals surface area contributed by atoms with Crippen LogP contribution in [0.15, 0.2) is 54.6 Å². The van der Waals surface area contributed by atoms with Crippen LogP contribution >= 0.6 is 0 Å². The number of urea groups is 1. The molecular weight excluding hydrogens is 291 g/mol. The van der Waals surface area contributed by atoms with E-state index in [1.807, 2.05) is 37.3 Å². The van der Waals surface area contributed by atoms with Crippen molar-refractivity contribution < 1.29 is 44.3 Å². The monoisotopic (exact) mass is 310 g/mol. The zero-order valence-corrected chi connectivity index (χ0v) is 14.8. The van der Waals surface area contributed by atoms with Crippen LogP contribution in [0.4, 0.5) is 4.79 Å². The minimum absolute atomic E-state index is 0. The Balaban J connectivity index is 0.000000644. The zero-order chi connectivity index (χ0) is 15.5. The number of nitrogens with two attached hydrogens (primary N) is 1. The normalized spacial score (nSPS) is 8.64. The van der Waals surface area contributed by atoms with Gasteiger partial charge in [-0.05, 0) is 5.56 Å². The quantitative estimate of drug-likeness (QED) is 0.319. The van der Waals surface area contributed by atoms with Gasteiger partial charge in [0, 0.05) is 0 Å². The Hall–Kier alpha value is -1.66. The SMILES string of the molecule is C[CH-]c1ccc(OCc2ccccc2)cc1.NC(=O)NO.[Na+]. The third kappa shape index (κ3) is 8.59. The van der Waals surface area contributed by atoms with E-state index in [0.29, 0.717) is 6.61 Å². The van der Waals surface area contributed by atoms with Crippen molar-refractivity contribution in [3.05, 3.63) is 72.1 Å². The molecule has 0 bridgehead atoms. The van der Waals surface area contributed by atoms with Gasteiger partial charge in [0.25, 0.3) is 0 Å². The molecule has 22 heavy (non-hydrogen) atoms. The van der Waals surface area contributed by atoms with Gasteiger partial charge in [0.1, 0.15) is 6.61 Å². The minimum Gasteiger partial charge on any atom is -0.491 e. The van der Waals surface area contributed by atoms with Crippen LogP contribution in [0.3, 0.4) is 0 Å². The average molecular weight is 310 g/mol. The fraction of sp³-hybridized carbons (Fsp3) is 0.125. The van der Waals surface area contributed by atoms with Gasteiger partial charge in [0.2, 0.25) is 0 Å². The summed E-state index contributed by atoms with van der Waals surface area (Å²) in [6.07, 6.45) is 2.07. The number of rotatable bonds is 4. The molecule has 0 radical (unpaired) electrons. The Kier molecular flexibility index (Phi) is 11.0. The van der Waals surface area contributed by atoms with Crippen LogP contribution in [0, 0.1) is 6.42 Å². The second-order valence-electron chi connectivity index (χ2n) is 4.11. The summed E-state index contributed by atoms with van der Waals surface area (Å²) in [4.78, 5) is 9.23. The predicted octanol–water partition coefficient (Wildman–Crippen LogP) is -0.114. The number of amides is 2. The number of hydroxylamine groups is 1. The number of carbonyl (C=O) groups is 1. The van der Waals surface area contributed by atoms with Crippen LogP contribution in [0.1, 0.15) is 18.1 Å². The molecule has 0 unspecified atom stereocenters. The van der Waals surface area contributed by atoms with E-state index < -0.39 is 6.03 Å². The second kappa shape index (κ2) is 11.9. The first-order chi connectivity index (χ1) is 10.2. The van der Waals surface area contributed by atoms with Gasteiger partial charge in [0.15, 0.2) is 0 Å². The smallest absolute Gasteiger partial charge is 0.491 e. The number of hydrogen-bond acceptors (Lipinski definition) is 3. The fourth-order valence-electron chi connectivity index (χ4n) is 1.50. The van der Waals surface area contributed by atoms with E-state index >= 15 is 0 Å². The summed E-state index contributed by atoms with van der Waals surface area (Å²) in [7, 11) is 0. The number of carbonyl (C=O) groups excluding carboxylic acids is 1. The molecule has 2 aromatic rings. The summed E-state index contributed by atoms with van der Waals surface area (Å²) in [6.45, 7) is 2.65. The van der Waals surface area contributed by atoms with Crippen molar-refractivity contribution in [3.8, 4) is 5.75 Å². The van der Waals surface area contributed by atoms with E-state index in [-0.39, 0.29) is 29.6 Å². The van der Waals surface area contributed by atoms with Gasteiger partial charge in [-0.15, -0.1) is 0 Å². The largest absolute Gasteiger partial charge is 1.00 e. The number of ether oxygens (including phenoxy) is 1. The third-order valence-electron chi connectivity index (χ3n) is 2.57. The Bertz CT molecular complexity index is 533. The number of benzene rings is 2. The van der Waals surface area contributed by atoms with Crippen molar-refractivity contribution in [3.63, 3.8) is 0 Å². The molecular formula is C16H19N2NaO3. The Morgan fingerprint density at radius 3 is 2.18 bits per heavy atom. The van der Waals surface area contributed by atoms with E-state index in [1.54, 1.807) is 0 Å². The van der Waals surface area contributed by atoms with Gasteiger partial charge in [0.05, 0.1) is 5.75 Å². The Labute approximate surface area is 152 Å². The van der Waals surface area contributed by atoms with Crippen LogP contribution in [-0.2, 0) is 6.61 Å². The summed E-state index contributed by atoms with van der Waals surface area (Å²) in [6, 6.07) is 17.3. The summed E-state index contributed by atoms with van der Waals surface area (Å²) in [5, 5.41) is 7.42. The standard InChI is InChI=1S/C15H15O.CH4N2O2.Na/c1-2-13-8-10-15(11-9-13)16-12-14-6-4-3-5-7-14;2-1(4)3-5;/h2-11H,12H2,1H3;5H,(H3,2,3,4);/q-1;;+1. The topological polar surface area (TPSA) is 84.6 Å². The van der Waals surface area contributed by atoms with E-state index in [4.69, 9.17) is 9.94 Å². The van der Waals surface area contributed by atoms with Crippen LogP contribution in [0.5, 0.6) is 5.75 Å². The molecule has 0 spiro atoms. The van der Waals surface area contributed by atoms with Crippen LogP contribution < -0.4 is 45.5 Å². The molecule has 4 N–H and O–H groups in total. The van der Waals surface area contributed by atoms with Crippen molar-refractivity contribution in [2.24, 2.45) is 5.73 Å². The number of primary amides is 1. The van der Waals surface area contributed by atoms with Crippen LogP contribution in [0.2, 0.25) is 0 Å². The van der Waals surface area contributed by atoms with E-state index in [0.717, 1.165) is 5.75 Å². The molecule has 0 fully saturated rings. The fourth-order valence-corrected chi connectivity index (χ4v) is 1.50.